The van der Waals surface area contributed by atoms with Crippen LogP contribution in [-0.2, 0) is 30.4 Å². The molecule has 14 nitrogen and oxygen atoms in total. The number of amides is 3. The lowest BCUT2D eigenvalue weighted by Gasteiger charge is -2.24. The molecule has 0 bridgehead atoms. The van der Waals surface area contributed by atoms with Gasteiger partial charge >= 0.3 is 11.9 Å². The summed E-state index contributed by atoms with van der Waals surface area (Å²) in [4.78, 5) is 64.6. The molecule has 0 fully saturated rings. The number of carboxylic acids is 2. The van der Waals surface area contributed by atoms with Crippen LogP contribution in [-0.4, -0.2) is 82.3 Å². The van der Waals surface area contributed by atoms with Gasteiger partial charge in [-0.1, -0.05) is 30.3 Å². The highest BCUT2D eigenvalue weighted by Crippen LogP contribution is 2.05. The first kappa shape index (κ1) is 32.2. The number of nitrogens with one attached hydrogen (secondary N) is 3. The first-order valence-corrected chi connectivity index (χ1v) is 12.4. The predicted molar refractivity (Wildman–Crippen MR) is 142 cm³/mol. The van der Waals surface area contributed by atoms with Crippen LogP contribution in [0.15, 0.2) is 35.3 Å². The fourth-order valence-corrected chi connectivity index (χ4v) is 3.53. The second kappa shape index (κ2) is 16.8. The topological polar surface area (TPSA) is 252 Å². The zero-order valence-electron chi connectivity index (χ0n) is 20.7. The fraction of sp³-hybridized carbons (Fsp3) is 0.478. The lowest BCUT2D eigenvalue weighted by Crippen LogP contribution is -2.57. The minimum Gasteiger partial charge on any atom is -0.481 e. The van der Waals surface area contributed by atoms with Crippen molar-refractivity contribution in [2.75, 3.05) is 12.3 Å². The smallest absolute Gasteiger partial charge is 0.326 e. The lowest BCUT2D eigenvalue weighted by atomic mass is 10.1. The van der Waals surface area contributed by atoms with Crippen molar-refractivity contribution in [1.82, 2.24) is 16.0 Å². The molecule has 1 aromatic carbocycles. The molecule has 1 rings (SSSR count). The standard InChI is InChI=1S/C23H35N7O7S/c24-14(11-13-5-2-1-3-6-13)19(33)30-17(12-38)21(35)28-15(8-9-18(31)32)20(34)29-16(22(36)37)7-4-10-27-23(25)26/h1-3,5-6,14-17,38H,4,7-12,24H2,(H,28,35)(H,29,34)(H,30,33)(H,31,32)(H,36,37)(H4,25,26,27). The lowest BCUT2D eigenvalue weighted by molar-refractivity contribution is -0.143. The van der Waals surface area contributed by atoms with E-state index in [0.29, 0.717) is 0 Å². The van der Waals surface area contributed by atoms with Crippen molar-refractivity contribution < 1.29 is 34.2 Å². The van der Waals surface area contributed by atoms with Crippen LogP contribution in [0.1, 0.15) is 31.2 Å². The Balaban J connectivity index is 2.85. The Morgan fingerprint density at radius 1 is 0.868 bits per heavy atom. The van der Waals surface area contributed by atoms with Gasteiger partial charge in [-0.05, 0) is 31.2 Å². The van der Waals surface area contributed by atoms with E-state index in [-0.39, 0.29) is 43.9 Å². The number of hydrogen-bond acceptors (Lipinski definition) is 8. The van der Waals surface area contributed by atoms with E-state index in [1.54, 1.807) is 24.3 Å². The fourth-order valence-electron chi connectivity index (χ4n) is 3.28. The Kier molecular flexibility index (Phi) is 14.2. The normalized spacial score (nSPS) is 13.7. The zero-order chi connectivity index (χ0) is 28.7. The number of aliphatic carboxylic acids is 2. The van der Waals surface area contributed by atoms with Crippen molar-refractivity contribution >= 4 is 48.2 Å². The van der Waals surface area contributed by atoms with Gasteiger partial charge in [0.05, 0.1) is 6.04 Å². The second-order valence-electron chi connectivity index (χ2n) is 8.38. The Morgan fingerprint density at radius 2 is 1.45 bits per heavy atom. The molecule has 4 atom stereocenters. The van der Waals surface area contributed by atoms with Crippen LogP contribution in [0.25, 0.3) is 0 Å². The van der Waals surface area contributed by atoms with E-state index in [1.807, 2.05) is 6.07 Å². The Hall–Kier alpha value is -3.85. The molecule has 1 aromatic rings. The molecular formula is C23H35N7O7S. The number of guanidine groups is 1. The van der Waals surface area contributed by atoms with E-state index in [2.05, 4.69) is 33.6 Å². The Labute approximate surface area is 225 Å². The minimum absolute atomic E-state index is 0.0218. The molecule has 0 aliphatic heterocycles. The first-order valence-electron chi connectivity index (χ1n) is 11.8. The molecule has 11 N–H and O–H groups in total. The molecule has 0 heterocycles. The van der Waals surface area contributed by atoms with Gasteiger partial charge in [-0.25, -0.2) is 4.79 Å². The molecule has 0 aliphatic rings. The third kappa shape index (κ3) is 12.4. The monoisotopic (exact) mass is 553 g/mol. The molecule has 0 aliphatic carbocycles. The molecule has 0 saturated carbocycles. The predicted octanol–water partition coefficient (Wildman–Crippen LogP) is -2.06. The average molecular weight is 554 g/mol. The third-order valence-corrected chi connectivity index (χ3v) is 5.66. The van der Waals surface area contributed by atoms with E-state index in [0.717, 1.165) is 5.56 Å². The summed E-state index contributed by atoms with van der Waals surface area (Å²) in [7, 11) is 0. The van der Waals surface area contributed by atoms with Gasteiger partial charge in [0.15, 0.2) is 5.96 Å². The van der Waals surface area contributed by atoms with Gasteiger partial charge in [-0.3, -0.25) is 24.2 Å². The summed E-state index contributed by atoms with van der Waals surface area (Å²) < 4.78 is 0. The van der Waals surface area contributed by atoms with Gasteiger partial charge in [-0.2, -0.15) is 12.6 Å². The Bertz CT molecular complexity index is 990. The van der Waals surface area contributed by atoms with E-state index in [4.69, 9.17) is 22.3 Å². The number of thiol groups is 1. The molecule has 3 amide bonds. The summed E-state index contributed by atoms with van der Waals surface area (Å²) in [5.41, 5.74) is 17.2. The highest BCUT2D eigenvalue weighted by molar-refractivity contribution is 7.80. The molecule has 15 heteroatoms. The van der Waals surface area contributed by atoms with Gasteiger partial charge in [0.2, 0.25) is 17.7 Å². The molecule has 0 spiro atoms. The number of nitrogens with zero attached hydrogens (tertiary/aromatic N) is 1. The van der Waals surface area contributed by atoms with Crippen LogP contribution < -0.4 is 33.2 Å². The van der Waals surface area contributed by atoms with Crippen molar-refractivity contribution in [3.05, 3.63) is 35.9 Å². The molecule has 0 radical (unpaired) electrons. The van der Waals surface area contributed by atoms with Crippen molar-refractivity contribution in [3.8, 4) is 0 Å². The van der Waals surface area contributed by atoms with Gasteiger partial charge in [0, 0.05) is 18.7 Å². The number of rotatable bonds is 17. The number of aliphatic imine (C=N–C) groups is 1. The summed E-state index contributed by atoms with van der Waals surface area (Å²) in [6.45, 7) is 0.136. The number of carboxylic acid groups (broad SMARTS) is 2. The highest BCUT2D eigenvalue weighted by atomic mass is 32.1. The maximum absolute atomic E-state index is 12.8. The average Bonchev–Trinajstić information content (AvgIpc) is 2.86. The van der Waals surface area contributed by atoms with E-state index in [9.17, 15) is 29.1 Å². The van der Waals surface area contributed by atoms with E-state index >= 15 is 0 Å². The maximum atomic E-state index is 12.8. The summed E-state index contributed by atoms with van der Waals surface area (Å²) in [5, 5.41) is 25.6. The van der Waals surface area contributed by atoms with Crippen LogP contribution >= 0.6 is 12.6 Å². The second-order valence-corrected chi connectivity index (χ2v) is 8.75. The van der Waals surface area contributed by atoms with Crippen molar-refractivity contribution in [3.63, 3.8) is 0 Å². The first-order chi connectivity index (χ1) is 17.9. The third-order valence-electron chi connectivity index (χ3n) is 5.29. The van der Waals surface area contributed by atoms with Crippen LogP contribution in [0.4, 0.5) is 0 Å². The molecule has 38 heavy (non-hydrogen) atoms. The highest BCUT2D eigenvalue weighted by Gasteiger charge is 2.30. The minimum atomic E-state index is -1.39. The number of benzene rings is 1. The number of carbonyl (C=O) groups is 5. The van der Waals surface area contributed by atoms with Crippen LogP contribution in [0.5, 0.6) is 0 Å². The zero-order valence-corrected chi connectivity index (χ0v) is 21.6. The largest absolute Gasteiger partial charge is 0.481 e. The van der Waals surface area contributed by atoms with Crippen molar-refractivity contribution in [2.24, 2.45) is 22.2 Å². The van der Waals surface area contributed by atoms with Crippen molar-refractivity contribution in [1.29, 1.82) is 0 Å². The molecule has 4 unspecified atom stereocenters. The summed E-state index contributed by atoms with van der Waals surface area (Å²) in [6.07, 6.45) is -0.379. The van der Waals surface area contributed by atoms with Crippen LogP contribution in [0.2, 0.25) is 0 Å². The van der Waals surface area contributed by atoms with Gasteiger partial charge in [0.25, 0.3) is 0 Å². The SMILES string of the molecule is NC(N)=NCCCC(NC(=O)C(CCC(=O)O)NC(=O)C(CS)NC(=O)C(N)Cc1ccccc1)C(=O)O. The molecule has 0 aromatic heterocycles. The van der Waals surface area contributed by atoms with Gasteiger partial charge in [-0.15, -0.1) is 0 Å². The summed E-state index contributed by atoms with van der Waals surface area (Å²) in [5.74, 6) is -5.21. The summed E-state index contributed by atoms with van der Waals surface area (Å²) in [6, 6.07) is 4.12. The number of carbonyl (C=O) groups excluding carboxylic acids is 3. The molecule has 0 saturated heterocycles. The maximum Gasteiger partial charge on any atom is 0.326 e. The number of hydrogen-bond donors (Lipinski definition) is 9. The van der Waals surface area contributed by atoms with Crippen molar-refractivity contribution in [2.45, 2.75) is 56.3 Å². The quantitative estimate of drug-likeness (QED) is 0.0441. The molecular weight excluding hydrogens is 518 g/mol. The van der Waals surface area contributed by atoms with Crippen LogP contribution in [0, 0.1) is 0 Å². The molecule has 210 valence electrons. The number of nitrogens with two attached hydrogens (primary N) is 3. The van der Waals surface area contributed by atoms with E-state index < -0.39 is 60.2 Å². The van der Waals surface area contributed by atoms with Gasteiger partial charge < -0.3 is 43.4 Å². The Morgan fingerprint density at radius 3 is 2.00 bits per heavy atom. The van der Waals surface area contributed by atoms with Gasteiger partial charge in [0.1, 0.15) is 18.1 Å². The van der Waals surface area contributed by atoms with Crippen LogP contribution in [0.3, 0.4) is 0 Å². The summed E-state index contributed by atoms with van der Waals surface area (Å²) >= 11 is 4.08. The van der Waals surface area contributed by atoms with E-state index in [1.165, 1.54) is 0 Å².